The van der Waals surface area contributed by atoms with Gasteiger partial charge < -0.3 is 5.11 Å². The molecule has 0 saturated heterocycles. The molecule has 0 aliphatic heterocycles. The first-order valence-corrected chi connectivity index (χ1v) is 4.37. The topological polar surface area (TPSA) is 55.1 Å². The van der Waals surface area contributed by atoms with Crippen molar-refractivity contribution in [3.63, 3.8) is 0 Å². The van der Waals surface area contributed by atoms with E-state index in [2.05, 4.69) is 5.10 Å². The van der Waals surface area contributed by atoms with Gasteiger partial charge in [0.1, 0.15) is 6.29 Å². The van der Waals surface area contributed by atoms with Crippen molar-refractivity contribution in [3.8, 4) is 0 Å². The Kier molecular flexibility index (Phi) is 2.28. The highest BCUT2D eigenvalue weighted by Gasteiger charge is 2.00. The van der Waals surface area contributed by atoms with E-state index < -0.39 is 0 Å². The summed E-state index contributed by atoms with van der Waals surface area (Å²) in [5.41, 5.74) is 1.40. The number of benzene rings is 1. The second kappa shape index (κ2) is 3.59. The molecule has 1 aromatic heterocycles. The maximum Gasteiger partial charge on any atom is 0.150 e. The monoisotopic (exact) mass is 190 g/mol. The van der Waals surface area contributed by atoms with Gasteiger partial charge >= 0.3 is 0 Å². The molecule has 4 heteroatoms. The van der Waals surface area contributed by atoms with Gasteiger partial charge in [-0.1, -0.05) is 12.1 Å². The van der Waals surface area contributed by atoms with Crippen LogP contribution < -0.4 is 0 Å². The maximum absolute atomic E-state index is 10.5. The number of fused-ring (bicyclic) bond motifs is 1. The highest BCUT2D eigenvalue weighted by molar-refractivity contribution is 5.86. The van der Waals surface area contributed by atoms with Crippen molar-refractivity contribution >= 4 is 17.2 Å². The number of rotatable bonds is 3. The van der Waals surface area contributed by atoms with Gasteiger partial charge in [-0.3, -0.25) is 9.48 Å². The molecule has 2 rings (SSSR count). The number of carbonyl (C=O) groups is 1. The fourth-order valence-corrected chi connectivity index (χ4v) is 1.37. The number of hydrogen-bond donors (Lipinski definition) is 1. The lowest BCUT2D eigenvalue weighted by molar-refractivity contribution is 0.112. The molecule has 0 unspecified atom stereocenters. The number of hydrogen-bond acceptors (Lipinski definition) is 3. The summed E-state index contributed by atoms with van der Waals surface area (Å²) in [6.45, 7) is 0.541. The SMILES string of the molecule is O=Cc1ccc2cn(CCO)nc2c1. The average Bonchev–Trinajstić information content (AvgIpc) is 2.59. The fourth-order valence-electron chi connectivity index (χ4n) is 1.37. The number of nitrogens with zero attached hydrogens (tertiary/aromatic N) is 2. The summed E-state index contributed by atoms with van der Waals surface area (Å²) in [6, 6.07) is 5.33. The van der Waals surface area contributed by atoms with Gasteiger partial charge in [-0.15, -0.1) is 0 Å². The molecule has 0 fully saturated rings. The first kappa shape index (κ1) is 8.90. The van der Waals surface area contributed by atoms with Crippen LogP contribution in [-0.2, 0) is 6.54 Å². The van der Waals surface area contributed by atoms with Crippen LogP contribution in [0.5, 0.6) is 0 Å². The summed E-state index contributed by atoms with van der Waals surface area (Å²) >= 11 is 0. The van der Waals surface area contributed by atoms with Gasteiger partial charge in [0.2, 0.25) is 0 Å². The Labute approximate surface area is 80.8 Å². The summed E-state index contributed by atoms with van der Waals surface area (Å²) in [6.07, 6.45) is 2.64. The molecule has 0 aliphatic rings. The van der Waals surface area contributed by atoms with Gasteiger partial charge in [-0.25, -0.2) is 0 Å². The smallest absolute Gasteiger partial charge is 0.150 e. The van der Waals surface area contributed by atoms with Gasteiger partial charge in [-0.2, -0.15) is 5.10 Å². The Morgan fingerprint density at radius 2 is 2.36 bits per heavy atom. The molecule has 4 nitrogen and oxygen atoms in total. The van der Waals surface area contributed by atoms with Crippen molar-refractivity contribution in [2.24, 2.45) is 0 Å². The molecule has 1 heterocycles. The van der Waals surface area contributed by atoms with Crippen LogP contribution in [0, 0.1) is 0 Å². The van der Waals surface area contributed by atoms with Crippen LogP contribution in [0.15, 0.2) is 24.4 Å². The van der Waals surface area contributed by atoms with Crippen LogP contribution in [0.4, 0.5) is 0 Å². The quantitative estimate of drug-likeness (QED) is 0.730. The molecular formula is C10H10N2O2. The van der Waals surface area contributed by atoms with Crippen LogP contribution in [0.25, 0.3) is 10.9 Å². The van der Waals surface area contributed by atoms with Gasteiger partial charge in [0.25, 0.3) is 0 Å². The molecule has 2 aromatic rings. The van der Waals surface area contributed by atoms with E-state index in [1.54, 1.807) is 16.8 Å². The molecule has 1 N–H and O–H groups in total. The molecule has 0 radical (unpaired) electrons. The molecule has 72 valence electrons. The van der Waals surface area contributed by atoms with Gasteiger partial charge in [-0.05, 0) is 6.07 Å². The van der Waals surface area contributed by atoms with E-state index >= 15 is 0 Å². The third-order valence-corrected chi connectivity index (χ3v) is 2.04. The molecule has 14 heavy (non-hydrogen) atoms. The predicted molar refractivity (Wildman–Crippen MR) is 52.2 cm³/mol. The zero-order valence-corrected chi connectivity index (χ0v) is 7.55. The minimum absolute atomic E-state index is 0.0640. The van der Waals surface area contributed by atoms with Gasteiger partial charge in [0.05, 0.1) is 18.7 Å². The normalized spacial score (nSPS) is 10.6. The number of aldehydes is 1. The second-order valence-corrected chi connectivity index (χ2v) is 3.05. The first-order valence-electron chi connectivity index (χ1n) is 4.37. The van der Waals surface area contributed by atoms with E-state index in [9.17, 15) is 4.79 Å². The van der Waals surface area contributed by atoms with Crippen LogP contribution in [0.1, 0.15) is 10.4 Å². The number of aromatic nitrogens is 2. The molecule has 0 amide bonds. The Morgan fingerprint density at radius 1 is 1.50 bits per heavy atom. The van der Waals surface area contributed by atoms with Gasteiger partial charge in [0, 0.05) is 17.1 Å². The highest BCUT2D eigenvalue weighted by Crippen LogP contribution is 2.13. The summed E-state index contributed by atoms with van der Waals surface area (Å²) < 4.78 is 1.67. The van der Waals surface area contributed by atoms with Crippen molar-refractivity contribution < 1.29 is 9.90 Å². The fraction of sp³-hybridized carbons (Fsp3) is 0.200. The van der Waals surface area contributed by atoms with Gasteiger partial charge in [0.15, 0.2) is 0 Å². The van der Waals surface area contributed by atoms with Crippen molar-refractivity contribution in [1.29, 1.82) is 0 Å². The summed E-state index contributed by atoms with van der Waals surface area (Å²) in [5, 5.41) is 13.9. The van der Waals surface area contributed by atoms with E-state index in [1.165, 1.54) is 0 Å². The number of aliphatic hydroxyl groups is 1. The highest BCUT2D eigenvalue weighted by atomic mass is 16.3. The summed E-state index contributed by atoms with van der Waals surface area (Å²) in [7, 11) is 0. The minimum atomic E-state index is 0.0640. The maximum atomic E-state index is 10.5. The van der Waals surface area contributed by atoms with E-state index in [0.717, 1.165) is 17.2 Å². The van der Waals surface area contributed by atoms with Crippen molar-refractivity contribution in [2.75, 3.05) is 6.61 Å². The molecule has 1 aromatic carbocycles. The van der Waals surface area contributed by atoms with Crippen LogP contribution in [0.2, 0.25) is 0 Å². The largest absolute Gasteiger partial charge is 0.394 e. The van der Waals surface area contributed by atoms with E-state index in [4.69, 9.17) is 5.11 Å². The third-order valence-electron chi connectivity index (χ3n) is 2.04. The standard InChI is InChI=1S/C10H10N2O2/c13-4-3-12-6-9-2-1-8(7-14)5-10(9)11-12/h1-2,5-7,13H,3-4H2. The molecule has 0 bridgehead atoms. The van der Waals surface area contributed by atoms with Crippen LogP contribution >= 0.6 is 0 Å². The summed E-state index contributed by atoms with van der Waals surface area (Å²) in [4.78, 5) is 10.5. The zero-order valence-electron chi connectivity index (χ0n) is 7.55. The molecule has 0 atom stereocenters. The predicted octanol–water partition coefficient (Wildman–Crippen LogP) is 0.841. The molecule has 0 aliphatic carbocycles. The molecule has 0 saturated carbocycles. The van der Waals surface area contributed by atoms with E-state index in [0.29, 0.717) is 12.1 Å². The van der Waals surface area contributed by atoms with E-state index in [-0.39, 0.29) is 6.61 Å². The Morgan fingerprint density at radius 3 is 3.07 bits per heavy atom. The molecular weight excluding hydrogens is 180 g/mol. The van der Waals surface area contributed by atoms with Crippen molar-refractivity contribution in [1.82, 2.24) is 9.78 Å². The minimum Gasteiger partial charge on any atom is -0.394 e. The first-order chi connectivity index (χ1) is 6.83. The van der Waals surface area contributed by atoms with Crippen LogP contribution in [-0.4, -0.2) is 27.8 Å². The average molecular weight is 190 g/mol. The Hall–Kier alpha value is -1.68. The van der Waals surface area contributed by atoms with Crippen molar-refractivity contribution in [3.05, 3.63) is 30.0 Å². The second-order valence-electron chi connectivity index (χ2n) is 3.05. The van der Waals surface area contributed by atoms with Crippen molar-refractivity contribution in [2.45, 2.75) is 6.54 Å². The zero-order chi connectivity index (χ0) is 9.97. The number of aliphatic hydroxyl groups excluding tert-OH is 1. The lowest BCUT2D eigenvalue weighted by Crippen LogP contribution is -2.01. The summed E-state index contributed by atoms with van der Waals surface area (Å²) in [5.74, 6) is 0. The third kappa shape index (κ3) is 1.52. The van der Waals surface area contributed by atoms with Crippen LogP contribution in [0.3, 0.4) is 0 Å². The number of carbonyl (C=O) groups excluding carboxylic acids is 1. The Balaban J connectivity index is 2.48. The van der Waals surface area contributed by atoms with E-state index in [1.807, 2.05) is 12.3 Å². The lowest BCUT2D eigenvalue weighted by atomic mass is 10.2. The Bertz CT molecular complexity index is 462. The molecule has 0 spiro atoms. The lowest BCUT2D eigenvalue weighted by Gasteiger charge is -1.93.